The van der Waals surface area contributed by atoms with E-state index in [0.717, 1.165) is 40.8 Å². The lowest BCUT2D eigenvalue weighted by Gasteiger charge is -2.09. The molecule has 1 saturated carbocycles. The average Bonchev–Trinajstić information content (AvgIpc) is 3.34. The maximum Gasteiger partial charge on any atom is 0.210 e. The molecule has 1 fully saturated rings. The maximum atomic E-state index is 6.49. The fourth-order valence-electron chi connectivity index (χ4n) is 2.65. The van der Waals surface area contributed by atoms with Crippen molar-refractivity contribution in [2.45, 2.75) is 36.6 Å². The monoisotopic (exact) mass is 345 g/mol. The lowest BCUT2D eigenvalue weighted by atomic mass is 10.1. The molecule has 1 aliphatic rings. The van der Waals surface area contributed by atoms with Crippen LogP contribution in [0.25, 0.3) is 10.9 Å². The summed E-state index contributed by atoms with van der Waals surface area (Å²) in [6.45, 7) is 2.02. The standard InChI is InChI=1S/C16H16ClN5S/c1-9-11-4-2-3-5-12(11)19-13(14(9)17)8-23-16-21-20-15(22(16)18)10-6-7-10/h2-5,10H,6-8,18H2,1H3. The number of fused-ring (bicyclic) bond motifs is 1. The van der Waals surface area contributed by atoms with E-state index in [9.17, 15) is 0 Å². The van der Waals surface area contributed by atoms with Crippen LogP contribution in [0.4, 0.5) is 0 Å². The third-order valence-corrected chi connectivity index (χ3v) is 5.57. The quantitative estimate of drug-likeness (QED) is 0.577. The third kappa shape index (κ3) is 2.66. The number of pyridine rings is 1. The second kappa shape index (κ2) is 5.69. The molecular formula is C16H16ClN5S. The van der Waals surface area contributed by atoms with Crippen molar-refractivity contribution in [2.75, 3.05) is 5.84 Å². The number of nitrogens with zero attached hydrogens (tertiary/aromatic N) is 4. The van der Waals surface area contributed by atoms with Crippen LogP contribution in [0.15, 0.2) is 29.4 Å². The summed E-state index contributed by atoms with van der Waals surface area (Å²) in [5, 5.41) is 10.9. The minimum absolute atomic E-state index is 0.478. The number of rotatable bonds is 4. The lowest BCUT2D eigenvalue weighted by molar-refractivity contribution is 0.790. The molecule has 0 radical (unpaired) electrons. The molecule has 0 spiro atoms. The van der Waals surface area contributed by atoms with Gasteiger partial charge in [-0.25, -0.2) is 4.68 Å². The second-order valence-corrected chi connectivity index (χ2v) is 7.11. The maximum absolute atomic E-state index is 6.49. The van der Waals surface area contributed by atoms with Gasteiger partial charge in [-0.2, -0.15) is 0 Å². The summed E-state index contributed by atoms with van der Waals surface area (Å²) in [6, 6.07) is 8.03. The van der Waals surface area contributed by atoms with E-state index in [2.05, 4.69) is 15.2 Å². The molecule has 4 rings (SSSR count). The van der Waals surface area contributed by atoms with E-state index in [0.29, 0.717) is 21.8 Å². The Morgan fingerprint density at radius 2 is 2.09 bits per heavy atom. The number of nitrogen functional groups attached to an aromatic ring is 1. The number of aryl methyl sites for hydroxylation is 1. The van der Waals surface area contributed by atoms with Crippen molar-refractivity contribution < 1.29 is 0 Å². The molecule has 2 heterocycles. The molecule has 23 heavy (non-hydrogen) atoms. The van der Waals surface area contributed by atoms with Gasteiger partial charge in [0.05, 0.1) is 16.2 Å². The van der Waals surface area contributed by atoms with Crippen molar-refractivity contribution >= 4 is 34.3 Å². The predicted octanol–water partition coefficient (Wildman–Crippen LogP) is 3.67. The van der Waals surface area contributed by atoms with Crippen LogP contribution in [0, 0.1) is 6.92 Å². The van der Waals surface area contributed by atoms with Gasteiger partial charge in [-0.1, -0.05) is 41.6 Å². The van der Waals surface area contributed by atoms with Crippen LogP contribution in [0.5, 0.6) is 0 Å². The summed E-state index contributed by atoms with van der Waals surface area (Å²) in [4.78, 5) is 4.68. The zero-order valence-corrected chi connectivity index (χ0v) is 14.2. The largest absolute Gasteiger partial charge is 0.336 e. The molecule has 0 saturated heterocycles. The minimum atomic E-state index is 0.478. The highest BCUT2D eigenvalue weighted by atomic mass is 35.5. The van der Waals surface area contributed by atoms with Crippen molar-refractivity contribution in [1.29, 1.82) is 0 Å². The Morgan fingerprint density at radius 1 is 1.30 bits per heavy atom. The molecule has 118 valence electrons. The third-order valence-electron chi connectivity index (χ3n) is 4.12. The van der Waals surface area contributed by atoms with Gasteiger partial charge in [-0.05, 0) is 31.4 Å². The molecule has 2 aromatic heterocycles. The van der Waals surface area contributed by atoms with E-state index in [1.807, 2.05) is 31.2 Å². The highest BCUT2D eigenvalue weighted by Crippen LogP contribution is 2.39. The number of benzene rings is 1. The first-order valence-corrected chi connectivity index (χ1v) is 8.88. The molecule has 2 N–H and O–H groups in total. The summed E-state index contributed by atoms with van der Waals surface area (Å²) < 4.78 is 1.60. The Balaban J connectivity index is 1.61. The van der Waals surface area contributed by atoms with Gasteiger partial charge in [0.15, 0.2) is 5.82 Å². The number of nitrogens with two attached hydrogens (primary N) is 1. The molecule has 7 heteroatoms. The van der Waals surface area contributed by atoms with Crippen LogP contribution in [0.3, 0.4) is 0 Å². The Hall–Kier alpha value is -1.79. The van der Waals surface area contributed by atoms with Gasteiger partial charge in [0, 0.05) is 17.1 Å². The molecule has 0 amide bonds. The highest BCUT2D eigenvalue weighted by molar-refractivity contribution is 7.98. The van der Waals surface area contributed by atoms with Crippen LogP contribution < -0.4 is 5.84 Å². The lowest BCUT2D eigenvalue weighted by Crippen LogP contribution is -2.13. The number of thioether (sulfide) groups is 1. The number of aromatic nitrogens is 4. The van der Waals surface area contributed by atoms with Gasteiger partial charge in [0.2, 0.25) is 5.16 Å². The predicted molar refractivity (Wildman–Crippen MR) is 93.2 cm³/mol. The summed E-state index contributed by atoms with van der Waals surface area (Å²) in [5.74, 6) is 8.05. The zero-order chi connectivity index (χ0) is 16.0. The van der Waals surface area contributed by atoms with E-state index < -0.39 is 0 Å². The molecule has 3 aromatic rings. The van der Waals surface area contributed by atoms with Crippen LogP contribution in [0.2, 0.25) is 5.02 Å². The average molecular weight is 346 g/mol. The van der Waals surface area contributed by atoms with E-state index in [1.165, 1.54) is 11.8 Å². The van der Waals surface area contributed by atoms with Crippen molar-refractivity contribution in [3.05, 3.63) is 46.4 Å². The topological polar surface area (TPSA) is 69.6 Å². The van der Waals surface area contributed by atoms with Gasteiger partial charge in [0.1, 0.15) is 0 Å². The first kappa shape index (κ1) is 14.8. The van der Waals surface area contributed by atoms with Crippen LogP contribution in [-0.4, -0.2) is 19.9 Å². The fourth-order valence-corrected chi connectivity index (χ4v) is 3.75. The first-order valence-electron chi connectivity index (χ1n) is 7.52. The van der Waals surface area contributed by atoms with Crippen molar-refractivity contribution in [1.82, 2.24) is 19.9 Å². The molecule has 0 atom stereocenters. The van der Waals surface area contributed by atoms with E-state index in [1.54, 1.807) is 4.68 Å². The number of hydrogen-bond donors (Lipinski definition) is 1. The zero-order valence-electron chi connectivity index (χ0n) is 12.7. The van der Waals surface area contributed by atoms with Crippen LogP contribution in [-0.2, 0) is 5.75 Å². The smallest absolute Gasteiger partial charge is 0.210 e. The Labute approximate surface area is 143 Å². The van der Waals surface area contributed by atoms with Crippen molar-refractivity contribution in [2.24, 2.45) is 0 Å². The number of para-hydroxylation sites is 1. The summed E-state index contributed by atoms with van der Waals surface area (Å²) in [6.07, 6.45) is 2.30. The summed E-state index contributed by atoms with van der Waals surface area (Å²) >= 11 is 8.01. The Morgan fingerprint density at radius 3 is 2.87 bits per heavy atom. The second-order valence-electron chi connectivity index (χ2n) is 5.79. The Bertz CT molecular complexity index is 888. The normalized spacial score (nSPS) is 14.5. The van der Waals surface area contributed by atoms with E-state index in [-0.39, 0.29) is 0 Å². The van der Waals surface area contributed by atoms with Crippen molar-refractivity contribution in [3.8, 4) is 0 Å². The van der Waals surface area contributed by atoms with Gasteiger partial charge in [-0.15, -0.1) is 10.2 Å². The SMILES string of the molecule is Cc1c(Cl)c(CSc2nnc(C3CC3)n2N)nc2ccccc12. The summed E-state index contributed by atoms with van der Waals surface area (Å²) in [7, 11) is 0. The molecule has 0 aliphatic heterocycles. The van der Waals surface area contributed by atoms with E-state index in [4.69, 9.17) is 17.4 Å². The van der Waals surface area contributed by atoms with Gasteiger partial charge in [0.25, 0.3) is 0 Å². The van der Waals surface area contributed by atoms with Gasteiger partial charge < -0.3 is 5.84 Å². The highest BCUT2D eigenvalue weighted by Gasteiger charge is 2.30. The molecule has 0 bridgehead atoms. The fraction of sp³-hybridized carbons (Fsp3) is 0.312. The Kier molecular flexibility index (Phi) is 3.66. The molecule has 5 nitrogen and oxygen atoms in total. The van der Waals surface area contributed by atoms with Crippen LogP contribution in [0.1, 0.15) is 35.8 Å². The van der Waals surface area contributed by atoms with Gasteiger partial charge >= 0.3 is 0 Å². The molecular weight excluding hydrogens is 330 g/mol. The number of halogens is 1. The van der Waals surface area contributed by atoms with Crippen molar-refractivity contribution in [3.63, 3.8) is 0 Å². The van der Waals surface area contributed by atoms with Gasteiger partial charge in [-0.3, -0.25) is 4.98 Å². The first-order chi connectivity index (χ1) is 11.1. The van der Waals surface area contributed by atoms with E-state index >= 15 is 0 Å². The molecule has 0 unspecified atom stereocenters. The number of hydrogen-bond acceptors (Lipinski definition) is 5. The van der Waals surface area contributed by atoms with Crippen LogP contribution >= 0.6 is 23.4 Å². The summed E-state index contributed by atoms with van der Waals surface area (Å²) in [5.41, 5.74) is 2.86. The molecule has 1 aliphatic carbocycles. The molecule has 1 aromatic carbocycles. The minimum Gasteiger partial charge on any atom is -0.336 e.